The van der Waals surface area contributed by atoms with Gasteiger partial charge in [0.15, 0.2) is 11.5 Å². The molecule has 1 rings (SSSR count). The average Bonchev–Trinajstić information content (AvgIpc) is 2.53. The van der Waals surface area contributed by atoms with Crippen LogP contribution in [0, 0.1) is 0 Å². The van der Waals surface area contributed by atoms with Crippen LogP contribution in [0.15, 0.2) is 18.2 Å². The lowest BCUT2D eigenvalue weighted by atomic mass is 10.2. The van der Waals surface area contributed by atoms with Crippen molar-refractivity contribution < 1.29 is 27.4 Å². The maximum absolute atomic E-state index is 12.0. The number of hydrogen-bond acceptors (Lipinski definition) is 6. The van der Waals surface area contributed by atoms with Crippen LogP contribution in [0.4, 0.5) is 0 Å². The number of carbonyl (C=O) groups excluding carboxylic acids is 1. The molecule has 130 valence electrons. The molecule has 1 aromatic rings. The van der Waals surface area contributed by atoms with Gasteiger partial charge in [-0.15, -0.1) is 0 Å². The Morgan fingerprint density at radius 1 is 1.13 bits per heavy atom. The van der Waals surface area contributed by atoms with E-state index in [1.165, 1.54) is 21.3 Å². The van der Waals surface area contributed by atoms with E-state index >= 15 is 0 Å². The lowest BCUT2D eigenvalue weighted by molar-refractivity contribution is -0.120. The quantitative estimate of drug-likeness (QED) is 0.573. The Morgan fingerprint density at radius 2 is 1.83 bits per heavy atom. The van der Waals surface area contributed by atoms with Gasteiger partial charge >= 0.3 is 0 Å². The van der Waals surface area contributed by atoms with Gasteiger partial charge in [-0.3, -0.25) is 4.79 Å². The average molecular weight is 346 g/mol. The third-order valence-electron chi connectivity index (χ3n) is 2.89. The molecule has 0 heterocycles. The summed E-state index contributed by atoms with van der Waals surface area (Å²) in [4.78, 5) is 11.5. The molecule has 1 amide bonds. The second kappa shape index (κ2) is 9.33. The van der Waals surface area contributed by atoms with Gasteiger partial charge in [-0.2, -0.15) is 0 Å². The summed E-state index contributed by atoms with van der Waals surface area (Å²) < 4.78 is 41.3. The fourth-order valence-electron chi connectivity index (χ4n) is 1.77. The van der Waals surface area contributed by atoms with Crippen LogP contribution in [0.3, 0.4) is 0 Å². The lowest BCUT2D eigenvalue weighted by Gasteiger charge is -2.11. The van der Waals surface area contributed by atoms with E-state index in [1.54, 1.807) is 18.2 Å². The fraction of sp³-hybridized carbons (Fsp3) is 0.500. The first-order chi connectivity index (χ1) is 10.9. The number of sulfonamides is 1. The molecule has 8 nitrogen and oxygen atoms in total. The topological polar surface area (TPSA) is 103 Å². The van der Waals surface area contributed by atoms with Gasteiger partial charge in [0.2, 0.25) is 15.9 Å². The van der Waals surface area contributed by atoms with Crippen molar-refractivity contribution in [2.45, 2.75) is 5.75 Å². The number of amides is 1. The van der Waals surface area contributed by atoms with E-state index in [1.807, 2.05) is 0 Å². The third-order valence-corrected chi connectivity index (χ3v) is 4.18. The first kappa shape index (κ1) is 19.2. The van der Waals surface area contributed by atoms with Gasteiger partial charge in [0.25, 0.3) is 0 Å². The van der Waals surface area contributed by atoms with Gasteiger partial charge in [-0.1, -0.05) is 6.07 Å². The number of carbonyl (C=O) groups is 1. The molecular formula is C14H22N2O6S. The maximum atomic E-state index is 12.0. The van der Waals surface area contributed by atoms with Crippen LogP contribution in [0.2, 0.25) is 0 Å². The van der Waals surface area contributed by atoms with Crippen LogP contribution in [-0.4, -0.2) is 55.4 Å². The zero-order valence-electron chi connectivity index (χ0n) is 13.4. The highest BCUT2D eigenvalue weighted by Crippen LogP contribution is 2.28. The van der Waals surface area contributed by atoms with Gasteiger partial charge in [-0.25, -0.2) is 13.1 Å². The highest BCUT2D eigenvalue weighted by atomic mass is 32.2. The summed E-state index contributed by atoms with van der Waals surface area (Å²) in [6, 6.07) is 4.83. The molecule has 23 heavy (non-hydrogen) atoms. The maximum Gasteiger partial charge on any atom is 0.235 e. The second-order valence-electron chi connectivity index (χ2n) is 4.61. The van der Waals surface area contributed by atoms with Gasteiger partial charge in [0.05, 0.1) is 33.1 Å². The third kappa shape index (κ3) is 6.85. The SMILES string of the molecule is COCCNC(=O)CNS(=O)(=O)Cc1ccc(OC)c(OC)c1. The van der Waals surface area contributed by atoms with Gasteiger partial charge in [-0.05, 0) is 17.7 Å². The molecule has 0 unspecified atom stereocenters. The Kier molecular flexibility index (Phi) is 7.79. The van der Waals surface area contributed by atoms with Crippen LogP contribution in [0.25, 0.3) is 0 Å². The Balaban J connectivity index is 2.59. The molecule has 0 spiro atoms. The molecule has 0 bridgehead atoms. The van der Waals surface area contributed by atoms with Crippen LogP contribution in [0.5, 0.6) is 11.5 Å². The van der Waals surface area contributed by atoms with E-state index < -0.39 is 15.9 Å². The molecule has 0 saturated heterocycles. The summed E-state index contributed by atoms with van der Waals surface area (Å²) in [7, 11) is 0.838. The summed E-state index contributed by atoms with van der Waals surface area (Å²) in [5, 5.41) is 2.53. The zero-order chi connectivity index (χ0) is 17.3. The van der Waals surface area contributed by atoms with Crippen molar-refractivity contribution in [3.8, 4) is 11.5 Å². The van der Waals surface area contributed by atoms with Crippen LogP contribution < -0.4 is 19.5 Å². The number of ether oxygens (including phenoxy) is 3. The molecule has 0 atom stereocenters. The van der Waals surface area contributed by atoms with Crippen molar-refractivity contribution in [2.75, 3.05) is 41.0 Å². The number of nitrogens with one attached hydrogen (secondary N) is 2. The molecule has 1 aromatic carbocycles. The van der Waals surface area contributed by atoms with Crippen molar-refractivity contribution in [3.05, 3.63) is 23.8 Å². The Morgan fingerprint density at radius 3 is 2.43 bits per heavy atom. The molecule has 0 aliphatic carbocycles. The minimum atomic E-state index is -3.64. The standard InChI is InChI=1S/C14H22N2O6S/c1-20-7-6-15-14(17)9-16-23(18,19)10-11-4-5-12(21-2)13(8-11)22-3/h4-5,8,16H,6-7,9-10H2,1-3H3,(H,15,17). The van der Waals surface area contributed by atoms with E-state index in [-0.39, 0.29) is 12.3 Å². The normalized spacial score (nSPS) is 11.1. The highest BCUT2D eigenvalue weighted by molar-refractivity contribution is 7.88. The van der Waals surface area contributed by atoms with Gasteiger partial charge < -0.3 is 19.5 Å². The molecule has 2 N–H and O–H groups in total. The number of rotatable bonds is 10. The minimum Gasteiger partial charge on any atom is -0.493 e. The van der Waals surface area contributed by atoms with Crippen LogP contribution in [-0.2, 0) is 25.3 Å². The molecule has 9 heteroatoms. The summed E-state index contributed by atoms with van der Waals surface area (Å²) >= 11 is 0. The van der Waals surface area contributed by atoms with E-state index in [4.69, 9.17) is 14.2 Å². The summed E-state index contributed by atoms with van der Waals surface area (Å²) in [6.07, 6.45) is 0. The highest BCUT2D eigenvalue weighted by Gasteiger charge is 2.15. The molecule has 0 aromatic heterocycles. The number of benzene rings is 1. The van der Waals surface area contributed by atoms with Crippen LogP contribution in [0.1, 0.15) is 5.56 Å². The van der Waals surface area contributed by atoms with Crippen LogP contribution >= 0.6 is 0 Å². The predicted molar refractivity (Wildman–Crippen MR) is 85.1 cm³/mol. The van der Waals surface area contributed by atoms with Gasteiger partial charge in [0.1, 0.15) is 0 Å². The van der Waals surface area contributed by atoms with E-state index in [0.29, 0.717) is 30.2 Å². The smallest absolute Gasteiger partial charge is 0.235 e. The van der Waals surface area contributed by atoms with Crippen molar-refractivity contribution >= 4 is 15.9 Å². The Bertz CT molecular complexity index is 618. The largest absolute Gasteiger partial charge is 0.493 e. The Labute approximate surface area is 136 Å². The molecule has 0 fully saturated rings. The first-order valence-corrected chi connectivity index (χ1v) is 8.51. The summed E-state index contributed by atoms with van der Waals surface area (Å²) in [6.45, 7) is 0.371. The molecule has 0 aliphatic heterocycles. The minimum absolute atomic E-state index is 0.265. The number of methoxy groups -OCH3 is 3. The molecule has 0 saturated carbocycles. The Hall–Kier alpha value is -1.84. The fourth-order valence-corrected chi connectivity index (χ4v) is 2.84. The van der Waals surface area contributed by atoms with E-state index in [9.17, 15) is 13.2 Å². The lowest BCUT2D eigenvalue weighted by Crippen LogP contribution is -2.38. The van der Waals surface area contributed by atoms with Crippen molar-refractivity contribution in [1.29, 1.82) is 0 Å². The van der Waals surface area contributed by atoms with Crippen molar-refractivity contribution in [3.63, 3.8) is 0 Å². The van der Waals surface area contributed by atoms with Crippen molar-refractivity contribution in [1.82, 2.24) is 10.0 Å². The summed E-state index contributed by atoms with van der Waals surface area (Å²) in [5.41, 5.74) is 0.523. The predicted octanol–water partition coefficient (Wildman–Crippen LogP) is -0.114. The van der Waals surface area contributed by atoms with E-state index in [2.05, 4.69) is 10.0 Å². The molecule has 0 aliphatic rings. The number of hydrogen-bond donors (Lipinski definition) is 2. The van der Waals surface area contributed by atoms with Crippen molar-refractivity contribution in [2.24, 2.45) is 0 Å². The monoisotopic (exact) mass is 346 g/mol. The molecule has 0 radical (unpaired) electrons. The van der Waals surface area contributed by atoms with Gasteiger partial charge in [0, 0.05) is 13.7 Å². The molecular weight excluding hydrogens is 324 g/mol. The zero-order valence-corrected chi connectivity index (χ0v) is 14.2. The summed E-state index contributed by atoms with van der Waals surface area (Å²) in [5.74, 6) is 0.271. The second-order valence-corrected chi connectivity index (χ2v) is 6.42. The first-order valence-electron chi connectivity index (χ1n) is 6.85. The van der Waals surface area contributed by atoms with E-state index in [0.717, 1.165) is 0 Å².